The Morgan fingerprint density at radius 3 is 2.79 bits per heavy atom. The summed E-state index contributed by atoms with van der Waals surface area (Å²) in [4.78, 5) is 14.8. The number of fused-ring (bicyclic) bond motifs is 1. The second kappa shape index (κ2) is 6.49. The molecule has 0 bridgehead atoms. The molecule has 24 heavy (non-hydrogen) atoms. The van der Waals surface area contributed by atoms with Crippen molar-refractivity contribution in [3.05, 3.63) is 35.4 Å². The predicted octanol–water partition coefficient (Wildman–Crippen LogP) is 2.59. The summed E-state index contributed by atoms with van der Waals surface area (Å²) in [6.07, 6.45) is 4.84. The Kier molecular flexibility index (Phi) is 4.35. The fourth-order valence-corrected chi connectivity index (χ4v) is 4.66. The average molecular weight is 329 g/mol. The number of nitrogens with zero attached hydrogens (tertiary/aromatic N) is 1. The molecule has 130 valence electrons. The molecule has 2 heterocycles. The van der Waals surface area contributed by atoms with E-state index in [2.05, 4.69) is 24.3 Å². The second-order valence-corrected chi connectivity index (χ2v) is 7.59. The average Bonchev–Trinajstić information content (AvgIpc) is 3.27. The molecular formula is C20H27NO3. The molecule has 1 aromatic carbocycles. The minimum atomic E-state index is -0.145. The highest BCUT2D eigenvalue weighted by Crippen LogP contribution is 2.37. The molecule has 1 aliphatic carbocycles. The number of benzene rings is 1. The first-order valence-electron chi connectivity index (χ1n) is 9.27. The van der Waals surface area contributed by atoms with Crippen molar-refractivity contribution >= 4 is 5.91 Å². The van der Waals surface area contributed by atoms with Gasteiger partial charge in [-0.15, -0.1) is 0 Å². The summed E-state index contributed by atoms with van der Waals surface area (Å²) < 4.78 is 11.7. The number of rotatable bonds is 4. The molecule has 4 rings (SSSR count). The van der Waals surface area contributed by atoms with Crippen molar-refractivity contribution in [1.82, 2.24) is 4.90 Å². The zero-order chi connectivity index (χ0) is 16.6. The quantitative estimate of drug-likeness (QED) is 0.852. The van der Waals surface area contributed by atoms with E-state index >= 15 is 0 Å². The lowest BCUT2D eigenvalue weighted by atomic mass is 9.98. The number of carbonyl (C=O) groups is 1. The molecule has 1 spiro atoms. The van der Waals surface area contributed by atoms with Crippen LogP contribution in [0.15, 0.2) is 24.3 Å². The molecular weight excluding hydrogens is 302 g/mol. The normalized spacial score (nSPS) is 29.5. The zero-order valence-electron chi connectivity index (χ0n) is 14.5. The molecule has 0 N–H and O–H groups in total. The lowest BCUT2D eigenvalue weighted by Crippen LogP contribution is -2.36. The van der Waals surface area contributed by atoms with Gasteiger partial charge in [0.05, 0.1) is 18.3 Å². The number of likely N-dealkylation sites (tertiary alicyclic amines) is 1. The third-order valence-electron chi connectivity index (χ3n) is 5.85. The SMILES string of the molecule is CCO[C@H]1CO[C@@]2(CCN(C(=O)CC3Cc4ccccc4C3)C2)C1. The first-order valence-corrected chi connectivity index (χ1v) is 9.27. The summed E-state index contributed by atoms with van der Waals surface area (Å²) >= 11 is 0. The van der Waals surface area contributed by atoms with Crippen LogP contribution in [0, 0.1) is 5.92 Å². The third-order valence-corrected chi connectivity index (χ3v) is 5.85. The number of amides is 1. The molecule has 2 saturated heterocycles. The van der Waals surface area contributed by atoms with Crippen LogP contribution in [0.2, 0.25) is 0 Å². The van der Waals surface area contributed by atoms with Gasteiger partial charge in [0.15, 0.2) is 0 Å². The van der Waals surface area contributed by atoms with Gasteiger partial charge in [-0.25, -0.2) is 0 Å². The van der Waals surface area contributed by atoms with E-state index in [9.17, 15) is 4.79 Å². The molecule has 4 nitrogen and oxygen atoms in total. The fourth-order valence-electron chi connectivity index (χ4n) is 4.66. The second-order valence-electron chi connectivity index (χ2n) is 7.59. The summed E-state index contributed by atoms with van der Waals surface area (Å²) in [7, 11) is 0. The van der Waals surface area contributed by atoms with Crippen LogP contribution < -0.4 is 0 Å². The van der Waals surface area contributed by atoms with Crippen molar-refractivity contribution in [3.63, 3.8) is 0 Å². The molecule has 4 heteroatoms. The molecule has 2 aliphatic heterocycles. The standard InChI is InChI=1S/C20H27NO3/c1-2-23-18-12-20(24-13-18)7-8-21(14-20)19(22)11-15-9-16-5-3-4-6-17(16)10-15/h3-6,15,18H,2,7-14H2,1H3/t18-,20+/m1/s1. The van der Waals surface area contributed by atoms with Crippen LogP contribution in [-0.4, -0.2) is 48.8 Å². The maximum atomic E-state index is 12.7. The molecule has 0 radical (unpaired) electrons. The lowest BCUT2D eigenvalue weighted by molar-refractivity contribution is -0.132. The summed E-state index contributed by atoms with van der Waals surface area (Å²) in [5, 5.41) is 0. The van der Waals surface area contributed by atoms with Gasteiger partial charge in [-0.2, -0.15) is 0 Å². The predicted molar refractivity (Wildman–Crippen MR) is 91.9 cm³/mol. The maximum absolute atomic E-state index is 12.7. The molecule has 0 aromatic heterocycles. The summed E-state index contributed by atoms with van der Waals surface area (Å²) in [5.74, 6) is 0.764. The van der Waals surface area contributed by atoms with Gasteiger partial charge in [0, 0.05) is 32.5 Å². The van der Waals surface area contributed by atoms with Gasteiger partial charge < -0.3 is 14.4 Å². The number of ether oxygens (including phenoxy) is 2. The topological polar surface area (TPSA) is 38.8 Å². The third kappa shape index (κ3) is 3.09. The van der Waals surface area contributed by atoms with Crippen molar-refractivity contribution in [1.29, 1.82) is 0 Å². The molecule has 2 fully saturated rings. The fraction of sp³-hybridized carbons (Fsp3) is 0.650. The van der Waals surface area contributed by atoms with E-state index in [1.165, 1.54) is 11.1 Å². The lowest BCUT2D eigenvalue weighted by Gasteiger charge is -2.24. The Hall–Kier alpha value is -1.39. The van der Waals surface area contributed by atoms with E-state index in [1.54, 1.807) is 0 Å². The van der Waals surface area contributed by atoms with E-state index in [1.807, 2.05) is 11.8 Å². The highest BCUT2D eigenvalue weighted by atomic mass is 16.6. The van der Waals surface area contributed by atoms with E-state index in [4.69, 9.17) is 9.47 Å². The van der Waals surface area contributed by atoms with Crippen molar-refractivity contribution in [2.45, 2.75) is 50.7 Å². The monoisotopic (exact) mass is 329 g/mol. The van der Waals surface area contributed by atoms with Crippen LogP contribution in [0.1, 0.15) is 37.3 Å². The Balaban J connectivity index is 1.31. The van der Waals surface area contributed by atoms with E-state index < -0.39 is 0 Å². The van der Waals surface area contributed by atoms with Crippen LogP contribution >= 0.6 is 0 Å². The zero-order valence-corrected chi connectivity index (χ0v) is 14.5. The van der Waals surface area contributed by atoms with Gasteiger partial charge in [0.2, 0.25) is 5.91 Å². The number of hydrogen-bond acceptors (Lipinski definition) is 3. The van der Waals surface area contributed by atoms with Crippen molar-refractivity contribution in [2.75, 3.05) is 26.3 Å². The van der Waals surface area contributed by atoms with Crippen LogP contribution in [0.5, 0.6) is 0 Å². The highest BCUT2D eigenvalue weighted by Gasteiger charge is 2.47. The minimum Gasteiger partial charge on any atom is -0.376 e. The highest BCUT2D eigenvalue weighted by molar-refractivity contribution is 5.77. The van der Waals surface area contributed by atoms with E-state index in [-0.39, 0.29) is 11.7 Å². The molecule has 1 amide bonds. The molecule has 3 aliphatic rings. The molecule has 0 unspecified atom stereocenters. The van der Waals surface area contributed by atoms with E-state index in [0.29, 0.717) is 24.9 Å². The maximum Gasteiger partial charge on any atom is 0.222 e. The van der Waals surface area contributed by atoms with Gasteiger partial charge >= 0.3 is 0 Å². The van der Waals surface area contributed by atoms with Crippen LogP contribution in [0.4, 0.5) is 0 Å². The first-order chi connectivity index (χ1) is 11.7. The summed E-state index contributed by atoms with van der Waals surface area (Å²) in [6, 6.07) is 8.59. The van der Waals surface area contributed by atoms with Crippen LogP contribution in [0.3, 0.4) is 0 Å². The molecule has 2 atom stereocenters. The Labute approximate surface area is 144 Å². The Morgan fingerprint density at radius 2 is 2.08 bits per heavy atom. The van der Waals surface area contributed by atoms with Gasteiger partial charge in [-0.3, -0.25) is 4.79 Å². The van der Waals surface area contributed by atoms with E-state index in [0.717, 1.165) is 45.4 Å². The largest absolute Gasteiger partial charge is 0.376 e. The minimum absolute atomic E-state index is 0.145. The van der Waals surface area contributed by atoms with Crippen LogP contribution in [0.25, 0.3) is 0 Å². The number of carbonyl (C=O) groups excluding carboxylic acids is 1. The van der Waals surface area contributed by atoms with Crippen molar-refractivity contribution in [3.8, 4) is 0 Å². The number of hydrogen-bond donors (Lipinski definition) is 0. The van der Waals surface area contributed by atoms with Crippen molar-refractivity contribution in [2.24, 2.45) is 5.92 Å². The Bertz CT molecular complexity index is 592. The summed E-state index contributed by atoms with van der Waals surface area (Å²) in [6.45, 7) is 5.00. The van der Waals surface area contributed by atoms with Gasteiger partial charge in [0.1, 0.15) is 0 Å². The van der Waals surface area contributed by atoms with Crippen molar-refractivity contribution < 1.29 is 14.3 Å². The first kappa shape index (κ1) is 16.1. The van der Waals surface area contributed by atoms with Gasteiger partial charge in [-0.1, -0.05) is 24.3 Å². The smallest absolute Gasteiger partial charge is 0.222 e. The molecule has 0 saturated carbocycles. The van der Waals surface area contributed by atoms with Gasteiger partial charge in [-0.05, 0) is 43.2 Å². The van der Waals surface area contributed by atoms with Crippen LogP contribution in [-0.2, 0) is 27.1 Å². The van der Waals surface area contributed by atoms with Gasteiger partial charge in [0.25, 0.3) is 0 Å². The summed E-state index contributed by atoms with van der Waals surface area (Å²) in [5.41, 5.74) is 2.70. The Morgan fingerprint density at radius 1 is 1.33 bits per heavy atom. The molecule has 1 aromatic rings.